The smallest absolute Gasteiger partial charge is 0.270 e. The molecule has 1 aromatic carbocycles. The normalized spacial score (nSPS) is 16.7. The van der Waals surface area contributed by atoms with Gasteiger partial charge in [-0.2, -0.15) is 0 Å². The standard InChI is InChI=1S/C18H21N3O2/c1-11(13-4-6-14(7-5-13)18(3)8-9-18)19-17(23)15-10-16(22)21-12(2)20-15/h4-7,10-11H,8-9H2,1-3H3,(H,19,23)(H,20,21,22). The van der Waals surface area contributed by atoms with Crippen LogP contribution in [0.15, 0.2) is 35.1 Å². The molecule has 1 aliphatic carbocycles. The van der Waals surface area contributed by atoms with Crippen LogP contribution in [0, 0.1) is 6.92 Å². The Morgan fingerprint density at radius 3 is 2.52 bits per heavy atom. The molecule has 1 unspecified atom stereocenters. The topological polar surface area (TPSA) is 74.8 Å². The summed E-state index contributed by atoms with van der Waals surface area (Å²) < 4.78 is 0. The van der Waals surface area contributed by atoms with Crippen molar-refractivity contribution in [1.29, 1.82) is 0 Å². The Morgan fingerprint density at radius 2 is 1.96 bits per heavy atom. The van der Waals surface area contributed by atoms with Crippen molar-refractivity contribution in [3.05, 3.63) is 63.3 Å². The van der Waals surface area contributed by atoms with Gasteiger partial charge in [-0.25, -0.2) is 4.98 Å². The zero-order valence-corrected chi connectivity index (χ0v) is 13.6. The number of aromatic amines is 1. The lowest BCUT2D eigenvalue weighted by Crippen LogP contribution is -2.29. The van der Waals surface area contributed by atoms with E-state index in [1.165, 1.54) is 24.5 Å². The Bertz CT molecular complexity index is 789. The lowest BCUT2D eigenvalue weighted by atomic mass is 9.96. The first kappa shape index (κ1) is 15.5. The van der Waals surface area contributed by atoms with E-state index in [-0.39, 0.29) is 23.2 Å². The number of hydrogen-bond acceptors (Lipinski definition) is 3. The van der Waals surface area contributed by atoms with Gasteiger partial charge in [-0.3, -0.25) is 9.59 Å². The van der Waals surface area contributed by atoms with E-state index in [4.69, 9.17) is 0 Å². The third-order valence-corrected chi connectivity index (χ3v) is 4.55. The molecule has 2 N–H and O–H groups in total. The molecule has 1 saturated carbocycles. The Labute approximate surface area is 135 Å². The van der Waals surface area contributed by atoms with Crippen LogP contribution >= 0.6 is 0 Å². The number of hydrogen-bond donors (Lipinski definition) is 2. The minimum absolute atomic E-state index is 0.139. The second kappa shape index (κ2) is 5.65. The number of amides is 1. The van der Waals surface area contributed by atoms with Crippen LogP contribution in [0.3, 0.4) is 0 Å². The van der Waals surface area contributed by atoms with Crippen molar-refractivity contribution in [2.45, 2.75) is 45.1 Å². The number of benzene rings is 1. The zero-order chi connectivity index (χ0) is 16.6. The van der Waals surface area contributed by atoms with Gasteiger partial charge < -0.3 is 10.3 Å². The average molecular weight is 311 g/mol. The monoisotopic (exact) mass is 311 g/mol. The summed E-state index contributed by atoms with van der Waals surface area (Å²) in [5, 5.41) is 2.89. The molecule has 23 heavy (non-hydrogen) atoms. The minimum Gasteiger partial charge on any atom is -0.344 e. The predicted molar refractivity (Wildman–Crippen MR) is 88.5 cm³/mol. The van der Waals surface area contributed by atoms with Crippen molar-refractivity contribution in [1.82, 2.24) is 15.3 Å². The second-order valence-electron chi connectivity index (χ2n) is 6.59. The lowest BCUT2D eigenvalue weighted by Gasteiger charge is -2.16. The van der Waals surface area contributed by atoms with Crippen molar-refractivity contribution >= 4 is 5.91 Å². The van der Waals surface area contributed by atoms with Gasteiger partial charge in [-0.05, 0) is 43.2 Å². The summed E-state index contributed by atoms with van der Waals surface area (Å²) >= 11 is 0. The minimum atomic E-state index is -0.343. The highest BCUT2D eigenvalue weighted by atomic mass is 16.2. The van der Waals surface area contributed by atoms with Crippen molar-refractivity contribution in [3.8, 4) is 0 Å². The number of H-pyrrole nitrogens is 1. The summed E-state index contributed by atoms with van der Waals surface area (Å²) in [6.45, 7) is 5.85. The Balaban J connectivity index is 1.72. The second-order valence-corrected chi connectivity index (χ2v) is 6.59. The van der Waals surface area contributed by atoms with Crippen molar-refractivity contribution in [2.24, 2.45) is 0 Å². The molecule has 1 atom stereocenters. The summed E-state index contributed by atoms with van der Waals surface area (Å²) in [6, 6.07) is 9.46. The molecule has 1 fully saturated rings. The quantitative estimate of drug-likeness (QED) is 0.911. The van der Waals surface area contributed by atoms with Gasteiger partial charge in [0, 0.05) is 6.07 Å². The molecule has 0 aliphatic heterocycles. The number of aromatic nitrogens is 2. The van der Waals surface area contributed by atoms with Crippen molar-refractivity contribution in [3.63, 3.8) is 0 Å². The van der Waals surface area contributed by atoms with Crippen LogP contribution in [0.1, 0.15) is 60.2 Å². The number of carbonyl (C=O) groups excluding carboxylic acids is 1. The molecule has 1 heterocycles. The van der Waals surface area contributed by atoms with Gasteiger partial charge in [0.15, 0.2) is 0 Å². The summed E-state index contributed by atoms with van der Waals surface area (Å²) in [6.07, 6.45) is 2.48. The van der Waals surface area contributed by atoms with Crippen LogP contribution in [0.5, 0.6) is 0 Å². The molecule has 0 saturated heterocycles. The largest absolute Gasteiger partial charge is 0.344 e. The third kappa shape index (κ3) is 3.33. The van der Waals surface area contributed by atoms with Crippen molar-refractivity contribution < 1.29 is 4.79 Å². The van der Waals surface area contributed by atoms with E-state index in [2.05, 4.69) is 46.5 Å². The molecule has 5 heteroatoms. The molecule has 3 rings (SSSR count). The van der Waals surface area contributed by atoms with Crippen LogP contribution in [0.25, 0.3) is 0 Å². The number of nitrogens with one attached hydrogen (secondary N) is 2. The first-order valence-corrected chi connectivity index (χ1v) is 7.87. The fourth-order valence-electron chi connectivity index (χ4n) is 2.70. The molecule has 5 nitrogen and oxygen atoms in total. The van der Waals surface area contributed by atoms with Crippen molar-refractivity contribution in [2.75, 3.05) is 0 Å². The first-order valence-electron chi connectivity index (χ1n) is 7.87. The summed E-state index contributed by atoms with van der Waals surface area (Å²) in [7, 11) is 0. The molecule has 1 aromatic heterocycles. The van der Waals surface area contributed by atoms with E-state index in [9.17, 15) is 9.59 Å². The highest BCUT2D eigenvalue weighted by Gasteiger charge is 2.38. The maximum absolute atomic E-state index is 12.2. The average Bonchev–Trinajstić information content (AvgIpc) is 3.25. The fourth-order valence-corrected chi connectivity index (χ4v) is 2.70. The maximum atomic E-state index is 12.2. The highest BCUT2D eigenvalue weighted by Crippen LogP contribution is 2.47. The van der Waals surface area contributed by atoms with Crippen LogP contribution < -0.4 is 10.9 Å². The summed E-state index contributed by atoms with van der Waals surface area (Å²) in [5.74, 6) is 0.0854. The molecule has 1 aliphatic rings. The zero-order valence-electron chi connectivity index (χ0n) is 13.6. The number of carbonyl (C=O) groups is 1. The Morgan fingerprint density at radius 1 is 1.30 bits per heavy atom. The van der Waals surface area contributed by atoms with Gasteiger partial charge >= 0.3 is 0 Å². The molecule has 0 bridgehead atoms. The van der Waals surface area contributed by atoms with Gasteiger partial charge in [0.2, 0.25) is 0 Å². The highest BCUT2D eigenvalue weighted by molar-refractivity contribution is 5.92. The van der Waals surface area contributed by atoms with Crippen LogP contribution in [-0.2, 0) is 5.41 Å². The molecular weight excluding hydrogens is 290 g/mol. The fraction of sp³-hybridized carbons (Fsp3) is 0.389. The Hall–Kier alpha value is -2.43. The van der Waals surface area contributed by atoms with Gasteiger partial charge in [0.1, 0.15) is 11.5 Å². The number of nitrogens with zero attached hydrogens (tertiary/aromatic N) is 1. The molecule has 0 spiro atoms. The van der Waals surface area contributed by atoms with Crippen LogP contribution in [0.2, 0.25) is 0 Å². The maximum Gasteiger partial charge on any atom is 0.270 e. The van der Waals surface area contributed by atoms with E-state index in [0.717, 1.165) is 5.56 Å². The molecule has 0 radical (unpaired) electrons. The van der Waals surface area contributed by atoms with Gasteiger partial charge in [-0.15, -0.1) is 0 Å². The Kier molecular flexibility index (Phi) is 3.80. The molecular formula is C18H21N3O2. The van der Waals surface area contributed by atoms with Crippen LogP contribution in [0.4, 0.5) is 0 Å². The van der Waals surface area contributed by atoms with Gasteiger partial charge in [-0.1, -0.05) is 31.2 Å². The van der Waals surface area contributed by atoms with Gasteiger partial charge in [0.25, 0.3) is 11.5 Å². The van der Waals surface area contributed by atoms with E-state index in [1.807, 2.05) is 6.92 Å². The third-order valence-electron chi connectivity index (χ3n) is 4.55. The van der Waals surface area contributed by atoms with E-state index in [1.54, 1.807) is 6.92 Å². The first-order chi connectivity index (χ1) is 10.9. The molecule has 120 valence electrons. The summed E-state index contributed by atoms with van der Waals surface area (Å²) in [4.78, 5) is 30.3. The lowest BCUT2D eigenvalue weighted by molar-refractivity contribution is 0.0934. The number of rotatable bonds is 4. The van der Waals surface area contributed by atoms with E-state index < -0.39 is 0 Å². The van der Waals surface area contributed by atoms with E-state index in [0.29, 0.717) is 11.2 Å². The predicted octanol–water partition coefficient (Wildman–Crippen LogP) is 2.62. The SMILES string of the molecule is Cc1nc(C(=O)NC(C)c2ccc(C3(C)CC3)cc2)cc(=O)[nH]1. The van der Waals surface area contributed by atoms with Gasteiger partial charge in [0.05, 0.1) is 6.04 Å². The van der Waals surface area contributed by atoms with E-state index >= 15 is 0 Å². The molecule has 2 aromatic rings. The molecule has 1 amide bonds. The summed E-state index contributed by atoms with van der Waals surface area (Å²) in [5.41, 5.74) is 2.55. The number of aryl methyl sites for hydroxylation is 1. The van der Waals surface area contributed by atoms with Crippen LogP contribution in [-0.4, -0.2) is 15.9 Å².